The number of ether oxygens (including phenoxy) is 1. The summed E-state index contributed by atoms with van der Waals surface area (Å²) in [4.78, 5) is 23.7. The summed E-state index contributed by atoms with van der Waals surface area (Å²) in [6, 6.07) is 12.7. The lowest BCUT2D eigenvalue weighted by molar-refractivity contribution is -0.123. The zero-order chi connectivity index (χ0) is 19.2. The van der Waals surface area contributed by atoms with Crippen molar-refractivity contribution < 1.29 is 22.7 Å². The number of nitrogens with one attached hydrogen (secondary N) is 2. The molecule has 2 aromatic rings. The molecule has 0 atom stereocenters. The van der Waals surface area contributed by atoms with Crippen molar-refractivity contribution in [2.24, 2.45) is 0 Å². The van der Waals surface area contributed by atoms with E-state index in [9.17, 15) is 18.0 Å². The van der Waals surface area contributed by atoms with Crippen LogP contribution in [0, 0.1) is 0 Å². The lowest BCUT2D eigenvalue weighted by atomic mass is 10.1. The first kappa shape index (κ1) is 19.7. The third-order valence-corrected chi connectivity index (χ3v) is 4.33. The van der Waals surface area contributed by atoms with Crippen molar-refractivity contribution in [1.82, 2.24) is 10.9 Å². The molecule has 2 rings (SSSR count). The van der Waals surface area contributed by atoms with E-state index >= 15 is 0 Å². The normalized spacial score (nSPS) is 10.8. The van der Waals surface area contributed by atoms with Gasteiger partial charge in [-0.2, -0.15) is 0 Å². The maximum absolute atomic E-state index is 12.0. The molecule has 0 saturated heterocycles. The summed E-state index contributed by atoms with van der Waals surface area (Å²) in [7, 11) is -3.14. The molecule has 0 spiro atoms. The van der Waals surface area contributed by atoms with Gasteiger partial charge in [0.2, 0.25) is 0 Å². The van der Waals surface area contributed by atoms with Gasteiger partial charge >= 0.3 is 0 Å². The maximum atomic E-state index is 12.0. The standard InChI is InChI=1S/C17H17ClN2O5S/c1-26(23,24)11-12-6-8-13(9-7-12)17(22)20-19-16(21)10-25-15-5-3-2-4-14(15)18/h2-9H,10-11H2,1H3,(H,19,21)(H,20,22). The quantitative estimate of drug-likeness (QED) is 0.724. The molecule has 0 aliphatic heterocycles. The molecule has 138 valence electrons. The van der Waals surface area contributed by atoms with Crippen LogP contribution in [0.4, 0.5) is 0 Å². The average molecular weight is 397 g/mol. The molecule has 2 aromatic carbocycles. The maximum Gasteiger partial charge on any atom is 0.276 e. The van der Waals surface area contributed by atoms with Gasteiger partial charge in [0.25, 0.3) is 11.8 Å². The first-order valence-corrected chi connectivity index (χ1v) is 9.91. The van der Waals surface area contributed by atoms with Crippen LogP contribution in [0.15, 0.2) is 48.5 Å². The Morgan fingerprint density at radius 2 is 1.69 bits per heavy atom. The van der Waals surface area contributed by atoms with E-state index in [4.69, 9.17) is 16.3 Å². The van der Waals surface area contributed by atoms with E-state index in [-0.39, 0.29) is 17.9 Å². The van der Waals surface area contributed by atoms with Crippen LogP contribution < -0.4 is 15.6 Å². The first-order valence-electron chi connectivity index (χ1n) is 7.48. The summed E-state index contributed by atoms with van der Waals surface area (Å²) < 4.78 is 27.7. The minimum absolute atomic E-state index is 0.106. The Morgan fingerprint density at radius 3 is 2.31 bits per heavy atom. The smallest absolute Gasteiger partial charge is 0.276 e. The van der Waals surface area contributed by atoms with Gasteiger partial charge in [0.05, 0.1) is 10.8 Å². The number of hydrogen-bond acceptors (Lipinski definition) is 5. The third kappa shape index (κ3) is 6.38. The van der Waals surface area contributed by atoms with E-state index < -0.39 is 21.7 Å². The van der Waals surface area contributed by atoms with Crippen molar-refractivity contribution in [3.63, 3.8) is 0 Å². The molecule has 0 radical (unpaired) electrons. The lowest BCUT2D eigenvalue weighted by Crippen LogP contribution is -2.43. The lowest BCUT2D eigenvalue weighted by Gasteiger charge is -2.10. The number of hydrogen-bond donors (Lipinski definition) is 2. The van der Waals surface area contributed by atoms with E-state index in [0.717, 1.165) is 6.26 Å². The van der Waals surface area contributed by atoms with Gasteiger partial charge in [-0.15, -0.1) is 0 Å². The Labute approximate surface area is 156 Å². The predicted molar refractivity (Wildman–Crippen MR) is 97.5 cm³/mol. The largest absolute Gasteiger partial charge is 0.482 e. The molecule has 0 fully saturated rings. The van der Waals surface area contributed by atoms with Gasteiger partial charge in [-0.3, -0.25) is 20.4 Å². The predicted octanol–water partition coefficient (Wildman–Crippen LogP) is 1.72. The van der Waals surface area contributed by atoms with Gasteiger partial charge in [-0.1, -0.05) is 35.9 Å². The summed E-state index contributed by atoms with van der Waals surface area (Å²) in [6.45, 7) is -0.322. The van der Waals surface area contributed by atoms with Gasteiger partial charge < -0.3 is 4.74 Å². The molecule has 0 aromatic heterocycles. The Morgan fingerprint density at radius 1 is 1.04 bits per heavy atom. The van der Waals surface area contributed by atoms with Crippen LogP contribution >= 0.6 is 11.6 Å². The highest BCUT2D eigenvalue weighted by Crippen LogP contribution is 2.22. The number of sulfone groups is 1. The van der Waals surface area contributed by atoms with Crippen LogP contribution in [0.2, 0.25) is 5.02 Å². The van der Waals surface area contributed by atoms with Crippen molar-refractivity contribution in [2.75, 3.05) is 12.9 Å². The molecule has 2 N–H and O–H groups in total. The molecule has 26 heavy (non-hydrogen) atoms. The molecule has 0 saturated carbocycles. The number of amides is 2. The van der Waals surface area contributed by atoms with E-state index in [0.29, 0.717) is 16.3 Å². The number of carbonyl (C=O) groups is 2. The minimum atomic E-state index is -3.14. The molecule has 0 aliphatic rings. The number of hydrazine groups is 1. The number of halogens is 1. The zero-order valence-electron chi connectivity index (χ0n) is 13.9. The van der Waals surface area contributed by atoms with Crippen LogP contribution in [-0.4, -0.2) is 33.1 Å². The fourth-order valence-corrected chi connectivity index (χ4v) is 2.98. The molecule has 0 aliphatic carbocycles. The highest BCUT2D eigenvalue weighted by Gasteiger charge is 2.10. The Kier molecular flexibility index (Phi) is 6.59. The molecular weight excluding hydrogens is 380 g/mol. The Balaban J connectivity index is 1.82. The van der Waals surface area contributed by atoms with Crippen LogP contribution in [0.3, 0.4) is 0 Å². The van der Waals surface area contributed by atoms with Gasteiger partial charge in [0.15, 0.2) is 16.4 Å². The first-order chi connectivity index (χ1) is 12.2. The summed E-state index contributed by atoms with van der Waals surface area (Å²) >= 11 is 5.90. The topological polar surface area (TPSA) is 102 Å². The van der Waals surface area contributed by atoms with E-state index in [2.05, 4.69) is 10.9 Å². The second kappa shape index (κ2) is 8.68. The number of benzene rings is 2. The third-order valence-electron chi connectivity index (χ3n) is 3.16. The van der Waals surface area contributed by atoms with E-state index in [1.807, 2.05) is 0 Å². The van der Waals surface area contributed by atoms with Crippen molar-refractivity contribution in [2.45, 2.75) is 5.75 Å². The summed E-state index contributed by atoms with van der Waals surface area (Å²) in [6.07, 6.45) is 1.13. The fourth-order valence-electron chi connectivity index (χ4n) is 1.99. The molecule has 7 nitrogen and oxygen atoms in total. The zero-order valence-corrected chi connectivity index (χ0v) is 15.4. The highest BCUT2D eigenvalue weighted by atomic mass is 35.5. The molecule has 0 unspecified atom stereocenters. The molecular formula is C17H17ClN2O5S. The van der Waals surface area contributed by atoms with Crippen molar-refractivity contribution in [3.05, 3.63) is 64.7 Å². The van der Waals surface area contributed by atoms with Crippen molar-refractivity contribution >= 4 is 33.3 Å². The molecule has 0 bridgehead atoms. The van der Waals surface area contributed by atoms with Crippen LogP contribution in [-0.2, 0) is 20.4 Å². The van der Waals surface area contributed by atoms with Gasteiger partial charge in [0.1, 0.15) is 5.75 Å². The van der Waals surface area contributed by atoms with Gasteiger partial charge in [-0.25, -0.2) is 8.42 Å². The number of para-hydroxylation sites is 1. The highest BCUT2D eigenvalue weighted by molar-refractivity contribution is 7.89. The van der Waals surface area contributed by atoms with Gasteiger partial charge in [0, 0.05) is 11.8 Å². The monoisotopic (exact) mass is 396 g/mol. The van der Waals surface area contributed by atoms with Crippen LogP contribution in [0.1, 0.15) is 15.9 Å². The minimum Gasteiger partial charge on any atom is -0.482 e. The summed E-state index contributed by atoms with van der Waals surface area (Å²) in [5.41, 5.74) is 5.31. The summed E-state index contributed by atoms with van der Waals surface area (Å²) in [5.74, 6) is -0.851. The van der Waals surface area contributed by atoms with Crippen molar-refractivity contribution in [1.29, 1.82) is 0 Å². The second-order valence-corrected chi connectivity index (χ2v) is 8.04. The average Bonchev–Trinajstić information content (AvgIpc) is 2.58. The molecule has 0 heterocycles. The number of carbonyl (C=O) groups excluding carboxylic acids is 2. The number of rotatable bonds is 6. The fraction of sp³-hybridized carbons (Fsp3) is 0.176. The van der Waals surface area contributed by atoms with E-state index in [1.54, 1.807) is 24.3 Å². The molecule has 2 amide bonds. The summed E-state index contributed by atoms with van der Waals surface area (Å²) in [5, 5.41) is 0.374. The second-order valence-electron chi connectivity index (χ2n) is 5.49. The van der Waals surface area contributed by atoms with Gasteiger partial charge in [-0.05, 0) is 29.8 Å². The Hall–Kier alpha value is -2.58. The van der Waals surface area contributed by atoms with Crippen molar-refractivity contribution in [3.8, 4) is 5.75 Å². The van der Waals surface area contributed by atoms with Crippen LogP contribution in [0.5, 0.6) is 5.75 Å². The van der Waals surface area contributed by atoms with E-state index in [1.165, 1.54) is 24.3 Å². The molecule has 9 heteroatoms. The Bertz CT molecular complexity index is 898. The SMILES string of the molecule is CS(=O)(=O)Cc1ccc(C(=O)NNC(=O)COc2ccccc2Cl)cc1. The van der Waals surface area contributed by atoms with Crippen LogP contribution in [0.25, 0.3) is 0 Å².